The van der Waals surface area contributed by atoms with Crippen LogP contribution in [0.25, 0.3) is 0 Å². The smallest absolute Gasteiger partial charge is 0.240 e. The van der Waals surface area contributed by atoms with E-state index in [0.29, 0.717) is 31.7 Å². The highest BCUT2D eigenvalue weighted by Crippen LogP contribution is 2.34. The number of carbonyl (C=O) groups is 2. The highest BCUT2D eigenvalue weighted by atomic mass is 16.5. The predicted octanol–water partition coefficient (Wildman–Crippen LogP) is 4.27. The first-order chi connectivity index (χ1) is 18.8. The van der Waals surface area contributed by atoms with E-state index in [1.54, 1.807) is 16.9 Å². The normalized spacial score (nSPS) is 12.4. The molecule has 0 aliphatic carbocycles. The highest BCUT2D eigenvalue weighted by molar-refractivity contribution is 5.92. The fourth-order valence-corrected chi connectivity index (χ4v) is 4.92. The quantitative estimate of drug-likeness (QED) is 0.225. The van der Waals surface area contributed by atoms with Gasteiger partial charge < -0.3 is 26.0 Å². The Labute approximate surface area is 231 Å². The number of rotatable bonds is 13. The molecule has 0 bridgehead atoms. The molecule has 8 heteroatoms. The summed E-state index contributed by atoms with van der Waals surface area (Å²) in [4.78, 5) is 31.0. The van der Waals surface area contributed by atoms with Gasteiger partial charge in [0.1, 0.15) is 11.8 Å². The van der Waals surface area contributed by atoms with Crippen molar-refractivity contribution in [1.82, 2.24) is 9.80 Å². The first kappa shape index (κ1) is 29.2. The summed E-state index contributed by atoms with van der Waals surface area (Å²) in [6, 6.07) is 25.3. The van der Waals surface area contributed by atoms with Crippen LogP contribution in [0.3, 0.4) is 0 Å². The zero-order chi connectivity index (χ0) is 28.4. The molecule has 8 nitrogen and oxygen atoms in total. The van der Waals surface area contributed by atoms with Gasteiger partial charge in [0.05, 0.1) is 19.1 Å². The number of amides is 2. The third-order valence-corrected chi connectivity index (χ3v) is 7.07. The van der Waals surface area contributed by atoms with Gasteiger partial charge in [0, 0.05) is 13.1 Å². The van der Waals surface area contributed by atoms with Gasteiger partial charge in [-0.15, -0.1) is 0 Å². The van der Waals surface area contributed by atoms with Crippen molar-refractivity contribution in [2.45, 2.75) is 44.7 Å². The van der Waals surface area contributed by atoms with Crippen molar-refractivity contribution >= 4 is 17.8 Å². The highest BCUT2D eigenvalue weighted by Gasteiger charge is 2.37. The Morgan fingerprint density at radius 2 is 1.41 bits per heavy atom. The van der Waals surface area contributed by atoms with Crippen LogP contribution in [0, 0.1) is 5.41 Å². The van der Waals surface area contributed by atoms with Crippen LogP contribution in [0.15, 0.2) is 84.9 Å². The molecule has 2 amide bonds. The summed E-state index contributed by atoms with van der Waals surface area (Å²) in [5.74, 6) is -0.737. The summed E-state index contributed by atoms with van der Waals surface area (Å²) < 4.78 is 5.32. The second-order valence-electron chi connectivity index (χ2n) is 9.47. The number of ether oxygens (including phenoxy) is 1. The molecule has 0 fully saturated rings. The van der Waals surface area contributed by atoms with Gasteiger partial charge in [-0.25, -0.2) is 0 Å². The van der Waals surface area contributed by atoms with Crippen molar-refractivity contribution < 1.29 is 14.3 Å². The van der Waals surface area contributed by atoms with E-state index in [9.17, 15) is 9.59 Å². The van der Waals surface area contributed by atoms with E-state index in [4.69, 9.17) is 21.6 Å². The van der Waals surface area contributed by atoms with Crippen molar-refractivity contribution in [2.75, 3.05) is 20.2 Å². The van der Waals surface area contributed by atoms with Crippen LogP contribution < -0.4 is 16.2 Å². The van der Waals surface area contributed by atoms with Gasteiger partial charge in [-0.2, -0.15) is 0 Å². The predicted molar refractivity (Wildman–Crippen MR) is 154 cm³/mol. The summed E-state index contributed by atoms with van der Waals surface area (Å²) in [6.07, 6.45) is 0.864. The molecule has 3 aromatic carbocycles. The van der Waals surface area contributed by atoms with Crippen molar-refractivity contribution in [1.29, 1.82) is 5.41 Å². The third kappa shape index (κ3) is 7.37. The minimum absolute atomic E-state index is 0.0270. The van der Waals surface area contributed by atoms with E-state index in [1.807, 2.05) is 98.8 Å². The van der Waals surface area contributed by atoms with Crippen LogP contribution in [0.5, 0.6) is 5.75 Å². The van der Waals surface area contributed by atoms with E-state index in [0.717, 1.165) is 16.7 Å². The summed E-state index contributed by atoms with van der Waals surface area (Å²) in [7, 11) is 1.60. The Hall–Kier alpha value is -4.33. The third-order valence-electron chi connectivity index (χ3n) is 7.07. The maximum atomic E-state index is 14.6. The summed E-state index contributed by atoms with van der Waals surface area (Å²) in [5.41, 5.74) is 14.2. The Morgan fingerprint density at radius 1 is 0.872 bits per heavy atom. The van der Waals surface area contributed by atoms with Gasteiger partial charge in [0.25, 0.3) is 0 Å². The van der Waals surface area contributed by atoms with Crippen LogP contribution in [0.4, 0.5) is 0 Å². The molecule has 3 aromatic rings. The van der Waals surface area contributed by atoms with E-state index < -0.39 is 23.9 Å². The fraction of sp³-hybridized carbons (Fsp3) is 0.323. The summed E-state index contributed by atoms with van der Waals surface area (Å²) >= 11 is 0. The van der Waals surface area contributed by atoms with Crippen LogP contribution >= 0.6 is 0 Å². The molecule has 3 rings (SSSR count). The molecular weight excluding hydrogens is 490 g/mol. The SMILES string of the molecule is CCN(CCC[C@H](C(N)=O)N(C(=O)C(c1ccccc1)c1ccccc1)[C@H](C)c1ccc(OC)cc1)C(=N)N. The molecule has 0 heterocycles. The van der Waals surface area contributed by atoms with Gasteiger partial charge in [-0.05, 0) is 55.5 Å². The molecule has 0 spiro atoms. The first-order valence-electron chi connectivity index (χ1n) is 13.2. The number of nitrogens with one attached hydrogen (secondary N) is 1. The van der Waals surface area contributed by atoms with E-state index in [1.165, 1.54) is 0 Å². The molecule has 206 valence electrons. The van der Waals surface area contributed by atoms with Gasteiger partial charge in [0.2, 0.25) is 11.8 Å². The number of primary amides is 1. The van der Waals surface area contributed by atoms with Crippen molar-refractivity contribution in [3.63, 3.8) is 0 Å². The largest absolute Gasteiger partial charge is 0.497 e. The van der Waals surface area contributed by atoms with E-state index in [-0.39, 0.29) is 11.9 Å². The molecule has 0 aliphatic heterocycles. The van der Waals surface area contributed by atoms with Gasteiger partial charge in [-0.3, -0.25) is 15.0 Å². The van der Waals surface area contributed by atoms with Crippen LogP contribution in [-0.4, -0.2) is 53.8 Å². The monoisotopic (exact) mass is 529 g/mol. The molecule has 0 aliphatic rings. The molecule has 0 aromatic heterocycles. The Balaban J connectivity index is 2.06. The first-order valence-corrected chi connectivity index (χ1v) is 13.2. The number of nitrogens with zero attached hydrogens (tertiary/aromatic N) is 2. The van der Waals surface area contributed by atoms with Crippen LogP contribution in [0.2, 0.25) is 0 Å². The van der Waals surface area contributed by atoms with Gasteiger partial charge in [0.15, 0.2) is 5.96 Å². The topological polar surface area (TPSA) is 126 Å². The molecule has 39 heavy (non-hydrogen) atoms. The molecule has 0 radical (unpaired) electrons. The molecule has 0 saturated heterocycles. The fourth-order valence-electron chi connectivity index (χ4n) is 4.92. The Morgan fingerprint density at radius 3 is 1.85 bits per heavy atom. The molecule has 2 atom stereocenters. The van der Waals surface area contributed by atoms with Crippen molar-refractivity contribution in [3.05, 3.63) is 102 Å². The molecule has 5 N–H and O–H groups in total. The van der Waals surface area contributed by atoms with E-state index >= 15 is 0 Å². The maximum absolute atomic E-state index is 14.6. The second kappa shape index (κ2) is 14.0. The number of hydrogen-bond donors (Lipinski definition) is 3. The Kier molecular flexibility index (Phi) is 10.5. The standard InChI is InChI=1S/C31H39N5O3/c1-4-35(31(33)34)21-11-16-27(29(32)37)36(22(2)23-17-19-26(39-3)20-18-23)30(38)28(24-12-7-5-8-13-24)25-14-9-6-10-15-25/h5-10,12-15,17-20,22,27-28H,4,11,16,21H2,1-3H3,(H2,32,37)(H3,33,34)/t22-,27-/m1/s1. The maximum Gasteiger partial charge on any atom is 0.240 e. The average Bonchev–Trinajstić information content (AvgIpc) is 2.95. The molecule has 0 saturated carbocycles. The second-order valence-corrected chi connectivity index (χ2v) is 9.47. The zero-order valence-corrected chi connectivity index (χ0v) is 22.9. The lowest BCUT2D eigenvalue weighted by Crippen LogP contribution is -2.51. The summed E-state index contributed by atoms with van der Waals surface area (Å²) in [5, 5.41) is 7.77. The molecule has 0 unspecified atom stereocenters. The van der Waals surface area contributed by atoms with E-state index in [2.05, 4.69) is 0 Å². The molecular formula is C31H39N5O3. The lowest BCUT2D eigenvalue weighted by Gasteiger charge is -2.38. The minimum Gasteiger partial charge on any atom is -0.497 e. The zero-order valence-electron chi connectivity index (χ0n) is 22.9. The number of benzene rings is 3. The summed E-state index contributed by atoms with van der Waals surface area (Å²) in [6.45, 7) is 4.89. The van der Waals surface area contributed by atoms with Gasteiger partial charge in [-0.1, -0.05) is 72.8 Å². The minimum atomic E-state index is -0.866. The Bertz CT molecular complexity index is 1180. The lowest BCUT2D eigenvalue weighted by atomic mass is 9.88. The van der Waals surface area contributed by atoms with Crippen molar-refractivity contribution in [3.8, 4) is 5.75 Å². The number of hydrogen-bond acceptors (Lipinski definition) is 4. The van der Waals surface area contributed by atoms with Crippen molar-refractivity contribution in [2.24, 2.45) is 11.5 Å². The lowest BCUT2D eigenvalue weighted by molar-refractivity contribution is -0.142. The number of nitrogens with two attached hydrogens (primary N) is 2. The van der Waals surface area contributed by atoms with Crippen LogP contribution in [0.1, 0.15) is 55.3 Å². The number of methoxy groups -OCH3 is 1. The number of carbonyl (C=O) groups excluding carboxylic acids is 2. The van der Waals surface area contributed by atoms with Gasteiger partial charge >= 0.3 is 0 Å². The average molecular weight is 530 g/mol. The van der Waals surface area contributed by atoms with Crippen LogP contribution in [-0.2, 0) is 9.59 Å². The number of guanidine groups is 1.